The third kappa shape index (κ3) is 4.29. The molecule has 1 aliphatic rings. The first-order chi connectivity index (χ1) is 9.72. The fourth-order valence-corrected chi connectivity index (χ4v) is 3.75. The fraction of sp³-hybridized carbons (Fsp3) is 0.647. The number of benzene rings is 1. The van der Waals surface area contributed by atoms with Gasteiger partial charge >= 0.3 is 0 Å². The Bertz CT molecular complexity index is 413. The summed E-state index contributed by atoms with van der Waals surface area (Å²) in [5, 5.41) is 3.63. The van der Waals surface area contributed by atoms with E-state index in [1.54, 1.807) is 0 Å². The molecular formula is C17H25BrFN. The molecule has 1 aromatic rings. The third-order valence-corrected chi connectivity index (χ3v) is 5.29. The lowest BCUT2D eigenvalue weighted by atomic mass is 9.87. The summed E-state index contributed by atoms with van der Waals surface area (Å²) in [7, 11) is 0. The highest BCUT2D eigenvalue weighted by Crippen LogP contribution is 2.29. The molecule has 0 aliphatic heterocycles. The van der Waals surface area contributed by atoms with Gasteiger partial charge < -0.3 is 5.32 Å². The maximum atomic E-state index is 13.7. The zero-order valence-electron chi connectivity index (χ0n) is 12.3. The van der Waals surface area contributed by atoms with Crippen molar-refractivity contribution < 1.29 is 4.39 Å². The van der Waals surface area contributed by atoms with Gasteiger partial charge in [0.25, 0.3) is 0 Å². The molecule has 0 bridgehead atoms. The van der Waals surface area contributed by atoms with E-state index < -0.39 is 0 Å². The molecule has 0 radical (unpaired) electrons. The highest BCUT2D eigenvalue weighted by Gasteiger charge is 2.23. The first-order valence-electron chi connectivity index (χ1n) is 7.88. The van der Waals surface area contributed by atoms with Crippen LogP contribution in [0.5, 0.6) is 0 Å². The number of hydrogen-bond donors (Lipinski definition) is 1. The predicted octanol–water partition coefficient (Wildman–Crippen LogP) is 5.08. The van der Waals surface area contributed by atoms with Gasteiger partial charge in [-0.2, -0.15) is 0 Å². The van der Waals surface area contributed by atoms with Crippen molar-refractivity contribution in [3.05, 3.63) is 34.1 Å². The van der Waals surface area contributed by atoms with Gasteiger partial charge in [-0.05, 0) is 59.3 Å². The van der Waals surface area contributed by atoms with E-state index in [4.69, 9.17) is 0 Å². The van der Waals surface area contributed by atoms with Gasteiger partial charge in [-0.3, -0.25) is 0 Å². The van der Waals surface area contributed by atoms with E-state index in [1.807, 2.05) is 12.1 Å². The van der Waals surface area contributed by atoms with Crippen LogP contribution >= 0.6 is 15.9 Å². The van der Waals surface area contributed by atoms with Crippen molar-refractivity contribution >= 4 is 15.9 Å². The standard InChI is InChI=1S/C17H25BrFN/c1-2-20-16(13-8-5-3-4-6-9-13)12-14-10-7-11-15(19)17(14)18/h7,10-11,13,16,20H,2-6,8-9,12H2,1H3. The van der Waals surface area contributed by atoms with Crippen molar-refractivity contribution in [2.75, 3.05) is 6.54 Å². The SMILES string of the molecule is CCNC(Cc1cccc(F)c1Br)C1CCCCCC1. The van der Waals surface area contributed by atoms with Crippen LogP contribution in [0.3, 0.4) is 0 Å². The molecule has 0 heterocycles. The molecule has 0 aromatic heterocycles. The minimum absolute atomic E-state index is 0.154. The van der Waals surface area contributed by atoms with Crippen molar-refractivity contribution in [1.82, 2.24) is 5.32 Å². The van der Waals surface area contributed by atoms with Gasteiger partial charge in [-0.25, -0.2) is 4.39 Å². The van der Waals surface area contributed by atoms with E-state index in [0.29, 0.717) is 10.5 Å². The van der Waals surface area contributed by atoms with Gasteiger partial charge in [0.05, 0.1) is 4.47 Å². The summed E-state index contributed by atoms with van der Waals surface area (Å²) in [5.41, 5.74) is 1.08. The highest BCUT2D eigenvalue weighted by molar-refractivity contribution is 9.10. The van der Waals surface area contributed by atoms with E-state index >= 15 is 0 Å². The molecule has 1 fully saturated rings. The van der Waals surface area contributed by atoms with Gasteiger partial charge in [-0.1, -0.05) is 44.7 Å². The lowest BCUT2D eigenvalue weighted by Gasteiger charge is -2.27. The number of rotatable bonds is 5. The van der Waals surface area contributed by atoms with E-state index in [2.05, 4.69) is 28.2 Å². The topological polar surface area (TPSA) is 12.0 Å². The summed E-state index contributed by atoms with van der Waals surface area (Å²) in [6.45, 7) is 3.14. The van der Waals surface area contributed by atoms with E-state index in [9.17, 15) is 4.39 Å². The van der Waals surface area contributed by atoms with Gasteiger partial charge in [0.15, 0.2) is 0 Å². The van der Waals surface area contributed by atoms with Gasteiger partial charge in [-0.15, -0.1) is 0 Å². The normalized spacial score (nSPS) is 18.8. The lowest BCUT2D eigenvalue weighted by Crippen LogP contribution is -2.38. The lowest BCUT2D eigenvalue weighted by molar-refractivity contribution is 0.321. The predicted molar refractivity (Wildman–Crippen MR) is 86.5 cm³/mol. The van der Waals surface area contributed by atoms with Gasteiger partial charge in [0.1, 0.15) is 5.82 Å². The Balaban J connectivity index is 2.09. The molecule has 1 aliphatic carbocycles. The van der Waals surface area contributed by atoms with Crippen LogP contribution in [0.25, 0.3) is 0 Å². The summed E-state index contributed by atoms with van der Waals surface area (Å²) in [6, 6.07) is 5.83. The van der Waals surface area contributed by atoms with Crippen LogP contribution in [-0.2, 0) is 6.42 Å². The van der Waals surface area contributed by atoms with Gasteiger partial charge in [0.2, 0.25) is 0 Å². The Kier molecular flexibility index (Phi) is 6.50. The molecule has 1 saturated carbocycles. The van der Waals surface area contributed by atoms with Crippen LogP contribution < -0.4 is 5.32 Å². The van der Waals surface area contributed by atoms with Crippen LogP contribution in [0.2, 0.25) is 0 Å². The summed E-state index contributed by atoms with van der Waals surface area (Å²) < 4.78 is 14.3. The van der Waals surface area contributed by atoms with E-state index in [1.165, 1.54) is 44.6 Å². The van der Waals surface area contributed by atoms with Crippen LogP contribution in [0.4, 0.5) is 4.39 Å². The molecule has 112 valence electrons. The third-order valence-electron chi connectivity index (χ3n) is 4.41. The van der Waals surface area contributed by atoms with Gasteiger partial charge in [0, 0.05) is 6.04 Å². The molecule has 3 heteroatoms. The maximum Gasteiger partial charge on any atom is 0.137 e. The second-order valence-corrected chi connectivity index (χ2v) is 6.63. The molecule has 1 atom stereocenters. The Hall–Kier alpha value is -0.410. The molecule has 1 aromatic carbocycles. The quantitative estimate of drug-likeness (QED) is 0.736. The Labute approximate surface area is 130 Å². The first-order valence-corrected chi connectivity index (χ1v) is 8.68. The summed E-state index contributed by atoms with van der Waals surface area (Å²) in [4.78, 5) is 0. The first kappa shape index (κ1) is 16.0. The minimum Gasteiger partial charge on any atom is -0.314 e. The molecule has 2 rings (SSSR count). The summed E-state index contributed by atoms with van der Waals surface area (Å²) in [5.74, 6) is 0.575. The zero-order chi connectivity index (χ0) is 14.4. The van der Waals surface area contributed by atoms with Crippen molar-refractivity contribution in [1.29, 1.82) is 0 Å². The smallest absolute Gasteiger partial charge is 0.137 e. The van der Waals surface area contributed by atoms with Crippen molar-refractivity contribution in [3.8, 4) is 0 Å². The van der Waals surface area contributed by atoms with Crippen molar-refractivity contribution in [3.63, 3.8) is 0 Å². The van der Waals surface area contributed by atoms with Crippen LogP contribution in [0.15, 0.2) is 22.7 Å². The van der Waals surface area contributed by atoms with Crippen molar-refractivity contribution in [2.45, 2.75) is 57.9 Å². The molecular weight excluding hydrogens is 317 g/mol. The summed E-state index contributed by atoms with van der Waals surface area (Å²) in [6.07, 6.45) is 8.97. The molecule has 0 amide bonds. The highest BCUT2D eigenvalue weighted by atomic mass is 79.9. The molecule has 1 unspecified atom stereocenters. The second-order valence-electron chi connectivity index (χ2n) is 5.83. The molecule has 1 nitrogen and oxygen atoms in total. The maximum absolute atomic E-state index is 13.7. The van der Waals surface area contributed by atoms with E-state index in [-0.39, 0.29) is 5.82 Å². The largest absolute Gasteiger partial charge is 0.314 e. The Morgan fingerprint density at radius 2 is 1.95 bits per heavy atom. The minimum atomic E-state index is -0.154. The molecule has 0 saturated heterocycles. The average Bonchev–Trinajstić information content (AvgIpc) is 2.72. The number of nitrogens with one attached hydrogen (secondary N) is 1. The van der Waals surface area contributed by atoms with Crippen molar-refractivity contribution in [2.24, 2.45) is 5.92 Å². The second kappa shape index (κ2) is 8.14. The van der Waals surface area contributed by atoms with Crippen LogP contribution in [0.1, 0.15) is 51.0 Å². The molecule has 0 spiro atoms. The Morgan fingerprint density at radius 3 is 2.60 bits per heavy atom. The summed E-state index contributed by atoms with van der Waals surface area (Å²) >= 11 is 3.40. The average molecular weight is 342 g/mol. The fourth-order valence-electron chi connectivity index (χ4n) is 3.32. The molecule has 20 heavy (non-hydrogen) atoms. The van der Waals surface area contributed by atoms with Crippen LogP contribution in [0, 0.1) is 11.7 Å². The molecule has 1 N–H and O–H groups in total. The Morgan fingerprint density at radius 1 is 1.25 bits per heavy atom. The number of likely N-dealkylation sites (N-methyl/N-ethyl adjacent to an activating group) is 1. The van der Waals surface area contributed by atoms with E-state index in [0.717, 1.165) is 24.4 Å². The monoisotopic (exact) mass is 341 g/mol. The number of halogens is 2. The number of hydrogen-bond acceptors (Lipinski definition) is 1. The zero-order valence-corrected chi connectivity index (χ0v) is 13.9. The van der Waals surface area contributed by atoms with Crippen LogP contribution in [-0.4, -0.2) is 12.6 Å².